The number of halogens is 3. The maximum absolute atomic E-state index is 12.7. The third-order valence-corrected chi connectivity index (χ3v) is 5.02. The number of likely N-dealkylation sites (tertiary alicyclic amines) is 1. The van der Waals surface area contributed by atoms with Crippen molar-refractivity contribution >= 4 is 11.9 Å². The lowest BCUT2D eigenvalue weighted by atomic mass is 9.74. The van der Waals surface area contributed by atoms with Crippen molar-refractivity contribution in [1.82, 2.24) is 29.6 Å². The molecule has 1 fully saturated rings. The van der Waals surface area contributed by atoms with Gasteiger partial charge >= 0.3 is 17.8 Å². The van der Waals surface area contributed by atoms with Gasteiger partial charge in [0.1, 0.15) is 5.82 Å². The number of alkyl halides is 3. The number of carboxylic acids is 1. The van der Waals surface area contributed by atoms with Crippen LogP contribution in [-0.4, -0.2) is 59.3 Å². The highest BCUT2D eigenvalue weighted by Crippen LogP contribution is 2.48. The summed E-state index contributed by atoms with van der Waals surface area (Å²) < 4.78 is 33.8. The SMILES string of the molecule is CC1(C)CN(C(=O)c2n[nH]c(=O)[nH]2)C1c1nccn1Cc1ccccc1.O=C(O)C(F)(F)F. The van der Waals surface area contributed by atoms with Crippen molar-refractivity contribution in [2.45, 2.75) is 32.6 Å². The molecule has 0 aliphatic carbocycles. The van der Waals surface area contributed by atoms with Gasteiger partial charge in [0.2, 0.25) is 5.82 Å². The van der Waals surface area contributed by atoms with Gasteiger partial charge in [-0.3, -0.25) is 9.78 Å². The molecule has 1 aliphatic heterocycles. The van der Waals surface area contributed by atoms with Gasteiger partial charge in [0.25, 0.3) is 5.91 Å². The van der Waals surface area contributed by atoms with E-state index < -0.39 is 17.8 Å². The Kier molecular flexibility index (Phi) is 6.42. The predicted octanol–water partition coefficient (Wildman–Crippen LogP) is 2.20. The van der Waals surface area contributed by atoms with E-state index in [9.17, 15) is 22.8 Å². The molecule has 3 heterocycles. The van der Waals surface area contributed by atoms with Crippen molar-refractivity contribution < 1.29 is 27.9 Å². The highest BCUT2D eigenvalue weighted by Gasteiger charge is 2.51. The summed E-state index contributed by atoms with van der Waals surface area (Å²) in [6.45, 7) is 5.47. The Morgan fingerprint density at radius 3 is 2.39 bits per heavy atom. The van der Waals surface area contributed by atoms with Crippen molar-refractivity contribution in [1.29, 1.82) is 0 Å². The number of amides is 1. The van der Waals surface area contributed by atoms with Gasteiger partial charge in [0, 0.05) is 30.9 Å². The summed E-state index contributed by atoms with van der Waals surface area (Å²) in [6.07, 6.45) is -1.40. The number of carboxylic acid groups (broad SMARTS) is 1. The number of benzene rings is 1. The first-order valence-electron chi connectivity index (χ1n) is 9.71. The van der Waals surface area contributed by atoms with Crippen LogP contribution in [0.5, 0.6) is 0 Å². The van der Waals surface area contributed by atoms with Crippen LogP contribution in [0.2, 0.25) is 0 Å². The molecule has 3 aromatic rings. The molecule has 0 saturated carbocycles. The fourth-order valence-corrected chi connectivity index (χ4v) is 3.59. The lowest BCUT2D eigenvalue weighted by Crippen LogP contribution is -2.58. The summed E-state index contributed by atoms with van der Waals surface area (Å²) in [5.41, 5.74) is 0.556. The zero-order chi connectivity index (χ0) is 24.4. The van der Waals surface area contributed by atoms with E-state index in [0.29, 0.717) is 13.1 Å². The third-order valence-electron chi connectivity index (χ3n) is 5.02. The summed E-state index contributed by atoms with van der Waals surface area (Å²) in [4.78, 5) is 41.6. The number of carbonyl (C=O) groups excluding carboxylic acids is 1. The molecule has 1 unspecified atom stereocenters. The van der Waals surface area contributed by atoms with Gasteiger partial charge in [-0.05, 0) is 5.56 Å². The molecule has 1 aliphatic rings. The summed E-state index contributed by atoms with van der Waals surface area (Å²) in [5.74, 6) is -2.21. The number of aromatic nitrogens is 5. The second kappa shape index (κ2) is 8.92. The molecule has 0 radical (unpaired) electrons. The third kappa shape index (κ3) is 5.30. The smallest absolute Gasteiger partial charge is 0.475 e. The molecule has 1 saturated heterocycles. The Morgan fingerprint density at radius 1 is 1.24 bits per heavy atom. The monoisotopic (exact) mass is 466 g/mol. The highest BCUT2D eigenvalue weighted by atomic mass is 19.4. The zero-order valence-corrected chi connectivity index (χ0v) is 17.6. The molecule has 0 bridgehead atoms. The average molecular weight is 466 g/mol. The molecular weight excluding hydrogens is 445 g/mol. The van der Waals surface area contributed by atoms with Crippen LogP contribution in [-0.2, 0) is 11.3 Å². The molecule has 1 atom stereocenters. The summed E-state index contributed by atoms with van der Waals surface area (Å²) in [6, 6.07) is 9.93. The van der Waals surface area contributed by atoms with Crippen molar-refractivity contribution in [2.75, 3.05) is 6.54 Å². The Balaban J connectivity index is 0.000000383. The number of nitrogens with zero attached hydrogens (tertiary/aromatic N) is 4. The van der Waals surface area contributed by atoms with E-state index >= 15 is 0 Å². The number of carbonyl (C=O) groups is 2. The minimum Gasteiger partial charge on any atom is -0.475 e. The van der Waals surface area contributed by atoms with Gasteiger partial charge in [0.15, 0.2) is 0 Å². The molecule has 176 valence electrons. The number of hydrogen-bond donors (Lipinski definition) is 3. The van der Waals surface area contributed by atoms with Crippen molar-refractivity contribution in [3.05, 3.63) is 70.4 Å². The Bertz CT molecular complexity index is 1180. The number of aromatic amines is 2. The molecule has 1 aromatic carbocycles. The predicted molar refractivity (Wildman–Crippen MR) is 108 cm³/mol. The number of hydrogen-bond acceptors (Lipinski definition) is 5. The van der Waals surface area contributed by atoms with Crippen LogP contribution in [0.25, 0.3) is 0 Å². The van der Waals surface area contributed by atoms with Gasteiger partial charge in [0.05, 0.1) is 6.04 Å². The van der Waals surface area contributed by atoms with Crippen molar-refractivity contribution in [3.63, 3.8) is 0 Å². The number of H-pyrrole nitrogens is 2. The number of nitrogens with one attached hydrogen (secondary N) is 2. The van der Waals surface area contributed by atoms with Gasteiger partial charge in [-0.2, -0.15) is 13.2 Å². The van der Waals surface area contributed by atoms with Crippen molar-refractivity contribution in [2.24, 2.45) is 5.41 Å². The van der Waals surface area contributed by atoms with Crippen molar-refractivity contribution in [3.8, 4) is 0 Å². The molecule has 2 aromatic heterocycles. The lowest BCUT2D eigenvalue weighted by Gasteiger charge is -2.53. The Labute approximate surface area is 185 Å². The first kappa shape index (κ1) is 23.8. The Morgan fingerprint density at radius 2 is 1.88 bits per heavy atom. The van der Waals surface area contributed by atoms with Crippen LogP contribution in [0.15, 0.2) is 47.5 Å². The van der Waals surface area contributed by atoms with E-state index in [-0.39, 0.29) is 23.2 Å². The largest absolute Gasteiger partial charge is 0.490 e. The topological polar surface area (TPSA) is 137 Å². The minimum absolute atomic E-state index is 0.0247. The normalized spacial score (nSPS) is 17.0. The maximum Gasteiger partial charge on any atom is 0.490 e. The fourth-order valence-electron chi connectivity index (χ4n) is 3.59. The van der Waals surface area contributed by atoms with E-state index in [1.54, 1.807) is 11.1 Å². The molecule has 3 N–H and O–H groups in total. The van der Waals surface area contributed by atoms with Gasteiger partial charge < -0.3 is 14.6 Å². The molecular formula is C20H21F3N6O4. The van der Waals surface area contributed by atoms with E-state index in [4.69, 9.17) is 9.90 Å². The van der Waals surface area contributed by atoms with Gasteiger partial charge in [-0.25, -0.2) is 19.7 Å². The van der Waals surface area contributed by atoms with Crippen LogP contribution in [0.3, 0.4) is 0 Å². The van der Waals surface area contributed by atoms with Crippen LogP contribution >= 0.6 is 0 Å². The van der Waals surface area contributed by atoms with E-state index in [2.05, 4.69) is 50.7 Å². The highest BCUT2D eigenvalue weighted by molar-refractivity contribution is 5.91. The van der Waals surface area contributed by atoms with Crippen LogP contribution in [0.1, 0.15) is 41.9 Å². The van der Waals surface area contributed by atoms with Gasteiger partial charge in [-0.15, -0.1) is 5.10 Å². The zero-order valence-electron chi connectivity index (χ0n) is 17.6. The molecule has 33 heavy (non-hydrogen) atoms. The first-order chi connectivity index (χ1) is 15.4. The molecule has 13 heteroatoms. The molecule has 1 amide bonds. The number of aliphatic carboxylic acids is 1. The second-order valence-corrected chi connectivity index (χ2v) is 8.05. The van der Waals surface area contributed by atoms with E-state index in [1.165, 1.54) is 5.56 Å². The minimum atomic E-state index is -5.08. The first-order valence-corrected chi connectivity index (χ1v) is 9.71. The van der Waals surface area contributed by atoms with Crippen LogP contribution < -0.4 is 5.69 Å². The maximum atomic E-state index is 12.7. The standard InChI is InChI=1S/C18H20N6O2.C2HF3O2/c1-18(2)11-24(16(25)14-20-17(26)22-21-14)13(18)15-19-8-9-23(15)10-12-6-4-3-5-7-12;3-2(4,5)1(6)7/h3-9,13H,10-11H2,1-2H3,(H2,20,21,22,26);(H,6,7). The molecule has 10 nitrogen and oxygen atoms in total. The van der Waals surface area contributed by atoms with Crippen LogP contribution in [0, 0.1) is 5.41 Å². The second-order valence-electron chi connectivity index (χ2n) is 8.05. The average Bonchev–Trinajstić information content (AvgIpc) is 3.35. The van der Waals surface area contributed by atoms with Gasteiger partial charge in [-0.1, -0.05) is 44.2 Å². The lowest BCUT2D eigenvalue weighted by molar-refractivity contribution is -0.192. The Hall–Kier alpha value is -3.90. The van der Waals surface area contributed by atoms with E-state index in [1.807, 2.05) is 24.4 Å². The fraction of sp³-hybridized carbons (Fsp3) is 0.350. The number of rotatable bonds is 4. The quantitative estimate of drug-likeness (QED) is 0.539. The summed E-state index contributed by atoms with van der Waals surface area (Å²) >= 11 is 0. The summed E-state index contributed by atoms with van der Waals surface area (Å²) in [7, 11) is 0. The summed E-state index contributed by atoms with van der Waals surface area (Å²) in [5, 5.41) is 13.1. The van der Waals surface area contributed by atoms with E-state index in [0.717, 1.165) is 5.82 Å². The molecule has 0 spiro atoms. The number of imidazole rings is 1. The van der Waals surface area contributed by atoms with Crippen LogP contribution in [0.4, 0.5) is 13.2 Å². The molecule has 4 rings (SSSR count).